The lowest BCUT2D eigenvalue weighted by atomic mass is 10.3. The molecule has 0 radical (unpaired) electrons. The molecule has 0 saturated carbocycles. The predicted molar refractivity (Wildman–Crippen MR) is 49.8 cm³/mol. The van der Waals surface area contributed by atoms with Crippen molar-refractivity contribution in [3.05, 3.63) is 23.9 Å². The lowest BCUT2D eigenvalue weighted by molar-refractivity contribution is -0.107. The third-order valence-electron chi connectivity index (χ3n) is 1.43. The average Bonchev–Trinajstić information content (AvgIpc) is 2.04. The number of aldehydes is 1. The van der Waals surface area contributed by atoms with Gasteiger partial charge >= 0.3 is 0 Å². The Labute approximate surface area is 77.8 Å². The number of carbonyl (C=O) groups excluding carboxylic acids is 1. The van der Waals surface area contributed by atoms with E-state index >= 15 is 0 Å². The molecule has 0 saturated heterocycles. The summed E-state index contributed by atoms with van der Waals surface area (Å²) in [6, 6.07) is 5.43. The fraction of sp³-hybridized carbons (Fsp3) is 0.400. The normalized spacial score (nSPS) is 10.1. The minimum Gasteiger partial charge on any atom is -0.475 e. The minimum atomic E-state index is 0.110. The van der Waals surface area contributed by atoms with Crippen molar-refractivity contribution in [2.45, 2.75) is 26.4 Å². The van der Waals surface area contributed by atoms with Crippen LogP contribution in [0.2, 0.25) is 0 Å². The topological polar surface area (TPSA) is 39.2 Å². The number of carbonyl (C=O) groups is 1. The summed E-state index contributed by atoms with van der Waals surface area (Å²) in [5.74, 6) is 0.578. The van der Waals surface area contributed by atoms with E-state index in [0.717, 1.165) is 12.0 Å². The highest BCUT2D eigenvalue weighted by Gasteiger charge is 1.99. The van der Waals surface area contributed by atoms with E-state index in [1.54, 1.807) is 6.07 Å². The Bertz CT molecular complexity index is 284. The average molecular weight is 179 g/mol. The predicted octanol–water partition coefficient (Wildman–Crippen LogP) is 1.61. The van der Waals surface area contributed by atoms with Crippen LogP contribution in [0.3, 0.4) is 0 Å². The van der Waals surface area contributed by atoms with Crippen molar-refractivity contribution in [1.29, 1.82) is 0 Å². The first-order chi connectivity index (χ1) is 6.22. The number of nitrogens with zero attached hydrogens (tertiary/aromatic N) is 1. The van der Waals surface area contributed by atoms with Crippen molar-refractivity contribution in [3.8, 4) is 5.88 Å². The van der Waals surface area contributed by atoms with Gasteiger partial charge in [0.1, 0.15) is 6.29 Å². The highest BCUT2D eigenvalue weighted by molar-refractivity contribution is 5.53. The third kappa shape index (κ3) is 3.23. The second kappa shape index (κ2) is 4.60. The molecule has 1 aromatic heterocycles. The SMILES string of the molecule is CC(C)Oc1cccc(CC=O)n1. The van der Waals surface area contributed by atoms with Gasteiger partial charge in [-0.3, -0.25) is 0 Å². The monoisotopic (exact) mass is 179 g/mol. The van der Waals surface area contributed by atoms with E-state index in [1.807, 2.05) is 26.0 Å². The second-order valence-electron chi connectivity index (χ2n) is 3.00. The van der Waals surface area contributed by atoms with Gasteiger partial charge in [0.2, 0.25) is 5.88 Å². The first kappa shape index (κ1) is 9.71. The molecule has 0 unspecified atom stereocenters. The molecule has 0 aromatic carbocycles. The molecule has 0 N–H and O–H groups in total. The van der Waals surface area contributed by atoms with E-state index in [2.05, 4.69) is 4.98 Å². The van der Waals surface area contributed by atoms with Gasteiger partial charge in [-0.05, 0) is 19.9 Å². The number of rotatable bonds is 4. The number of pyridine rings is 1. The Balaban J connectivity index is 2.72. The molecule has 0 atom stereocenters. The van der Waals surface area contributed by atoms with E-state index in [1.165, 1.54) is 0 Å². The molecular formula is C10H13NO2. The van der Waals surface area contributed by atoms with Crippen LogP contribution in [0.4, 0.5) is 0 Å². The number of hydrogen-bond acceptors (Lipinski definition) is 3. The van der Waals surface area contributed by atoms with Gasteiger partial charge in [0.05, 0.1) is 11.8 Å². The van der Waals surface area contributed by atoms with Crippen LogP contribution >= 0.6 is 0 Å². The van der Waals surface area contributed by atoms with Crippen LogP contribution in [0.1, 0.15) is 19.5 Å². The molecule has 3 heteroatoms. The summed E-state index contributed by atoms with van der Waals surface area (Å²) >= 11 is 0. The zero-order valence-electron chi connectivity index (χ0n) is 7.86. The van der Waals surface area contributed by atoms with Crippen molar-refractivity contribution in [2.24, 2.45) is 0 Å². The molecule has 1 aromatic rings. The fourth-order valence-electron chi connectivity index (χ4n) is 0.964. The molecule has 0 spiro atoms. The van der Waals surface area contributed by atoms with Gasteiger partial charge in [0, 0.05) is 12.5 Å². The summed E-state index contributed by atoms with van der Waals surface area (Å²) in [5.41, 5.74) is 0.744. The van der Waals surface area contributed by atoms with Gasteiger partial charge in [-0.1, -0.05) is 6.07 Å². The van der Waals surface area contributed by atoms with Gasteiger partial charge in [-0.25, -0.2) is 4.98 Å². The summed E-state index contributed by atoms with van der Waals surface area (Å²) < 4.78 is 5.37. The van der Waals surface area contributed by atoms with Crippen LogP contribution in [0.5, 0.6) is 5.88 Å². The Hall–Kier alpha value is -1.38. The summed E-state index contributed by atoms with van der Waals surface area (Å²) in [6.45, 7) is 3.88. The van der Waals surface area contributed by atoms with Crippen LogP contribution in [0.25, 0.3) is 0 Å². The largest absolute Gasteiger partial charge is 0.475 e. The first-order valence-corrected chi connectivity index (χ1v) is 4.28. The molecule has 0 aliphatic rings. The standard InChI is InChI=1S/C10H13NO2/c1-8(2)13-10-5-3-4-9(11-10)6-7-12/h3-5,7-8H,6H2,1-2H3. The van der Waals surface area contributed by atoms with Crippen molar-refractivity contribution in [1.82, 2.24) is 4.98 Å². The smallest absolute Gasteiger partial charge is 0.213 e. The molecular weight excluding hydrogens is 166 g/mol. The second-order valence-corrected chi connectivity index (χ2v) is 3.00. The Kier molecular flexibility index (Phi) is 3.43. The molecule has 0 aliphatic heterocycles. The zero-order valence-corrected chi connectivity index (χ0v) is 7.86. The maximum atomic E-state index is 10.2. The van der Waals surface area contributed by atoms with E-state index < -0.39 is 0 Å². The highest BCUT2D eigenvalue weighted by atomic mass is 16.5. The van der Waals surface area contributed by atoms with Crippen molar-refractivity contribution < 1.29 is 9.53 Å². The summed E-state index contributed by atoms with van der Waals surface area (Å²) in [6.07, 6.45) is 1.29. The van der Waals surface area contributed by atoms with Crippen LogP contribution in [-0.2, 0) is 11.2 Å². The lowest BCUT2D eigenvalue weighted by Crippen LogP contribution is -2.07. The fourth-order valence-corrected chi connectivity index (χ4v) is 0.964. The van der Waals surface area contributed by atoms with Gasteiger partial charge < -0.3 is 9.53 Å². The molecule has 3 nitrogen and oxygen atoms in total. The molecule has 0 fully saturated rings. The molecule has 1 heterocycles. The van der Waals surface area contributed by atoms with E-state index in [0.29, 0.717) is 12.3 Å². The van der Waals surface area contributed by atoms with E-state index in [4.69, 9.17) is 4.74 Å². The van der Waals surface area contributed by atoms with Gasteiger partial charge in [-0.2, -0.15) is 0 Å². The van der Waals surface area contributed by atoms with Crippen molar-refractivity contribution in [3.63, 3.8) is 0 Å². The minimum absolute atomic E-state index is 0.110. The molecule has 13 heavy (non-hydrogen) atoms. The Morgan fingerprint density at radius 1 is 1.54 bits per heavy atom. The Morgan fingerprint density at radius 3 is 2.92 bits per heavy atom. The van der Waals surface area contributed by atoms with E-state index in [-0.39, 0.29) is 6.10 Å². The van der Waals surface area contributed by atoms with Gasteiger partial charge in [0.25, 0.3) is 0 Å². The number of ether oxygens (including phenoxy) is 1. The van der Waals surface area contributed by atoms with Crippen LogP contribution < -0.4 is 4.74 Å². The third-order valence-corrected chi connectivity index (χ3v) is 1.43. The maximum Gasteiger partial charge on any atom is 0.213 e. The molecule has 0 bridgehead atoms. The Morgan fingerprint density at radius 2 is 2.31 bits per heavy atom. The van der Waals surface area contributed by atoms with Crippen LogP contribution in [0.15, 0.2) is 18.2 Å². The summed E-state index contributed by atoms with van der Waals surface area (Å²) in [7, 11) is 0. The van der Waals surface area contributed by atoms with Gasteiger partial charge in [-0.15, -0.1) is 0 Å². The van der Waals surface area contributed by atoms with Crippen molar-refractivity contribution >= 4 is 6.29 Å². The van der Waals surface area contributed by atoms with Crippen LogP contribution in [0, 0.1) is 0 Å². The lowest BCUT2D eigenvalue weighted by Gasteiger charge is -2.08. The zero-order chi connectivity index (χ0) is 9.68. The maximum absolute atomic E-state index is 10.2. The van der Waals surface area contributed by atoms with Crippen LogP contribution in [-0.4, -0.2) is 17.4 Å². The summed E-state index contributed by atoms with van der Waals surface area (Å²) in [4.78, 5) is 14.4. The quantitative estimate of drug-likeness (QED) is 0.659. The van der Waals surface area contributed by atoms with E-state index in [9.17, 15) is 4.79 Å². The highest BCUT2D eigenvalue weighted by Crippen LogP contribution is 2.09. The summed E-state index contributed by atoms with van der Waals surface area (Å²) in [5, 5.41) is 0. The van der Waals surface area contributed by atoms with Gasteiger partial charge in [0.15, 0.2) is 0 Å². The molecule has 0 aliphatic carbocycles. The number of hydrogen-bond donors (Lipinski definition) is 0. The number of aromatic nitrogens is 1. The molecule has 70 valence electrons. The van der Waals surface area contributed by atoms with Crippen molar-refractivity contribution in [2.75, 3.05) is 0 Å². The molecule has 1 rings (SSSR count). The first-order valence-electron chi connectivity index (χ1n) is 4.28. The molecule has 0 amide bonds.